The molecule has 2 atom stereocenters. The van der Waals surface area contributed by atoms with Gasteiger partial charge in [-0.15, -0.1) is 0 Å². The number of hydrogen-bond acceptors (Lipinski definition) is 6. The first-order chi connectivity index (χ1) is 15.4. The zero-order valence-electron chi connectivity index (χ0n) is 17.7. The van der Waals surface area contributed by atoms with Gasteiger partial charge in [0, 0.05) is 13.6 Å². The molecule has 1 heterocycles. The molecule has 2 aromatic rings. The van der Waals surface area contributed by atoms with Crippen molar-refractivity contribution in [3.8, 4) is 0 Å². The van der Waals surface area contributed by atoms with Crippen LogP contribution in [0.25, 0.3) is 0 Å². The van der Waals surface area contributed by atoms with E-state index in [9.17, 15) is 19.2 Å². The summed E-state index contributed by atoms with van der Waals surface area (Å²) < 4.78 is 10.6. The van der Waals surface area contributed by atoms with Gasteiger partial charge in [0.1, 0.15) is 19.3 Å². The van der Waals surface area contributed by atoms with E-state index in [0.29, 0.717) is 0 Å². The molecular formula is C23H25N3O6. The SMILES string of the molecule is CN1CC(C[C@H](NC(=O)OCc2ccccc2)C(=O)OCc2ccccc2)C(=O)NC1=O. The van der Waals surface area contributed by atoms with Crippen molar-refractivity contribution in [2.45, 2.75) is 25.7 Å². The average Bonchev–Trinajstić information content (AvgIpc) is 2.80. The average molecular weight is 439 g/mol. The lowest BCUT2D eigenvalue weighted by molar-refractivity contribution is -0.148. The van der Waals surface area contributed by atoms with Crippen molar-refractivity contribution >= 4 is 24.0 Å². The molecule has 3 rings (SSSR count). The number of esters is 1. The van der Waals surface area contributed by atoms with Crippen molar-refractivity contribution in [1.82, 2.24) is 15.5 Å². The minimum Gasteiger partial charge on any atom is -0.459 e. The number of amides is 4. The predicted octanol–water partition coefficient (Wildman–Crippen LogP) is 2.21. The number of nitrogens with one attached hydrogen (secondary N) is 2. The molecule has 4 amide bonds. The molecule has 0 bridgehead atoms. The number of hydrogen-bond donors (Lipinski definition) is 2. The number of alkyl carbamates (subject to hydrolysis) is 1. The Morgan fingerprint density at radius 2 is 1.56 bits per heavy atom. The largest absolute Gasteiger partial charge is 0.459 e. The highest BCUT2D eigenvalue weighted by atomic mass is 16.6. The van der Waals surface area contributed by atoms with E-state index in [1.807, 2.05) is 36.4 Å². The molecule has 0 aliphatic carbocycles. The topological polar surface area (TPSA) is 114 Å². The van der Waals surface area contributed by atoms with Crippen molar-refractivity contribution < 1.29 is 28.7 Å². The molecule has 1 unspecified atom stereocenters. The van der Waals surface area contributed by atoms with Gasteiger partial charge in [0.15, 0.2) is 0 Å². The van der Waals surface area contributed by atoms with Crippen LogP contribution in [-0.2, 0) is 32.3 Å². The van der Waals surface area contributed by atoms with Crippen molar-refractivity contribution in [2.24, 2.45) is 5.92 Å². The van der Waals surface area contributed by atoms with Gasteiger partial charge in [0.2, 0.25) is 5.91 Å². The highest BCUT2D eigenvalue weighted by Gasteiger charge is 2.35. The Kier molecular flexibility index (Phi) is 7.80. The Hall–Kier alpha value is -3.88. The summed E-state index contributed by atoms with van der Waals surface area (Å²) in [6.45, 7) is 0.166. The first-order valence-electron chi connectivity index (χ1n) is 10.2. The summed E-state index contributed by atoms with van der Waals surface area (Å²) in [5.41, 5.74) is 1.57. The third-order valence-corrected chi connectivity index (χ3v) is 4.98. The fourth-order valence-electron chi connectivity index (χ4n) is 3.22. The number of benzene rings is 2. The van der Waals surface area contributed by atoms with E-state index in [4.69, 9.17) is 9.47 Å². The van der Waals surface area contributed by atoms with E-state index in [-0.39, 0.29) is 26.2 Å². The normalized spacial score (nSPS) is 16.7. The molecule has 168 valence electrons. The molecule has 9 nitrogen and oxygen atoms in total. The zero-order chi connectivity index (χ0) is 22.9. The summed E-state index contributed by atoms with van der Waals surface area (Å²) in [4.78, 5) is 50.3. The lowest BCUT2D eigenvalue weighted by Crippen LogP contribution is -2.55. The van der Waals surface area contributed by atoms with E-state index in [1.165, 1.54) is 4.90 Å². The number of rotatable bonds is 8. The first-order valence-corrected chi connectivity index (χ1v) is 10.2. The Bertz CT molecular complexity index is 951. The van der Waals surface area contributed by atoms with E-state index in [0.717, 1.165) is 11.1 Å². The molecule has 1 aliphatic rings. The Labute approximate surface area is 185 Å². The van der Waals surface area contributed by atoms with Crippen LogP contribution in [0.15, 0.2) is 60.7 Å². The Morgan fingerprint density at radius 3 is 2.16 bits per heavy atom. The van der Waals surface area contributed by atoms with E-state index in [2.05, 4.69) is 10.6 Å². The van der Waals surface area contributed by atoms with Crippen LogP contribution in [0.1, 0.15) is 17.5 Å². The zero-order valence-corrected chi connectivity index (χ0v) is 17.7. The maximum absolute atomic E-state index is 12.7. The lowest BCUT2D eigenvalue weighted by Gasteiger charge is -2.30. The summed E-state index contributed by atoms with van der Waals surface area (Å²) in [5, 5.41) is 4.73. The second kappa shape index (κ2) is 10.9. The minimum absolute atomic E-state index is 0.0200. The minimum atomic E-state index is -1.13. The van der Waals surface area contributed by atoms with Crippen LogP contribution < -0.4 is 10.6 Å². The van der Waals surface area contributed by atoms with Gasteiger partial charge in [0.05, 0.1) is 5.92 Å². The number of nitrogens with zero attached hydrogens (tertiary/aromatic N) is 1. The van der Waals surface area contributed by atoms with Gasteiger partial charge in [-0.3, -0.25) is 10.1 Å². The standard InChI is InChI=1S/C23H25N3O6/c1-26-13-18(20(27)25-22(26)29)12-19(21(28)31-14-16-8-4-2-5-9-16)24-23(30)32-15-17-10-6-3-7-11-17/h2-11,18-19H,12-15H2,1H3,(H,24,30)(H,25,27,29)/t18?,19-/m0/s1. The Balaban J connectivity index is 1.63. The molecule has 2 aromatic carbocycles. The molecule has 0 spiro atoms. The summed E-state index contributed by atoms with van der Waals surface area (Å²) in [7, 11) is 1.54. The number of ether oxygens (including phenoxy) is 2. The van der Waals surface area contributed by atoms with Gasteiger partial charge in [-0.1, -0.05) is 60.7 Å². The van der Waals surface area contributed by atoms with Crippen LogP contribution in [0, 0.1) is 5.92 Å². The fraction of sp³-hybridized carbons (Fsp3) is 0.304. The van der Waals surface area contributed by atoms with Crippen molar-refractivity contribution in [1.29, 1.82) is 0 Å². The smallest absolute Gasteiger partial charge is 0.408 e. The third-order valence-electron chi connectivity index (χ3n) is 4.98. The van der Waals surface area contributed by atoms with Crippen LogP contribution in [0.4, 0.5) is 9.59 Å². The second-order valence-electron chi connectivity index (χ2n) is 7.46. The second-order valence-corrected chi connectivity index (χ2v) is 7.46. The fourth-order valence-corrected chi connectivity index (χ4v) is 3.22. The quantitative estimate of drug-likeness (QED) is 0.610. The highest BCUT2D eigenvalue weighted by Crippen LogP contribution is 2.15. The molecule has 9 heteroatoms. The summed E-state index contributed by atoms with van der Waals surface area (Å²) in [6.07, 6.45) is -0.853. The van der Waals surface area contributed by atoms with Crippen molar-refractivity contribution in [3.63, 3.8) is 0 Å². The van der Waals surface area contributed by atoms with Crippen LogP contribution in [0.3, 0.4) is 0 Å². The van der Waals surface area contributed by atoms with Crippen LogP contribution in [0.5, 0.6) is 0 Å². The maximum Gasteiger partial charge on any atom is 0.408 e. The van der Waals surface area contributed by atoms with Gasteiger partial charge >= 0.3 is 18.1 Å². The van der Waals surface area contributed by atoms with E-state index < -0.39 is 36.0 Å². The number of urea groups is 1. The van der Waals surface area contributed by atoms with E-state index in [1.54, 1.807) is 31.3 Å². The van der Waals surface area contributed by atoms with Crippen LogP contribution in [0.2, 0.25) is 0 Å². The molecule has 0 aromatic heterocycles. The van der Waals surface area contributed by atoms with Crippen molar-refractivity contribution in [2.75, 3.05) is 13.6 Å². The molecule has 1 aliphatic heterocycles. The van der Waals surface area contributed by atoms with Gasteiger partial charge < -0.3 is 19.7 Å². The van der Waals surface area contributed by atoms with Crippen LogP contribution >= 0.6 is 0 Å². The summed E-state index contributed by atoms with van der Waals surface area (Å²) in [5.74, 6) is -1.90. The molecule has 32 heavy (non-hydrogen) atoms. The lowest BCUT2D eigenvalue weighted by atomic mass is 9.97. The maximum atomic E-state index is 12.7. The number of imide groups is 1. The summed E-state index contributed by atoms with van der Waals surface area (Å²) >= 11 is 0. The molecule has 2 N–H and O–H groups in total. The number of carbonyl (C=O) groups excluding carboxylic acids is 4. The monoisotopic (exact) mass is 439 g/mol. The first kappa shape index (κ1) is 22.8. The van der Waals surface area contributed by atoms with Gasteiger partial charge in [0.25, 0.3) is 0 Å². The predicted molar refractivity (Wildman–Crippen MR) is 114 cm³/mol. The van der Waals surface area contributed by atoms with E-state index >= 15 is 0 Å². The highest BCUT2D eigenvalue weighted by molar-refractivity contribution is 5.98. The molecule has 1 fully saturated rings. The number of carbonyl (C=O) groups is 4. The molecule has 0 saturated carbocycles. The van der Waals surface area contributed by atoms with Gasteiger partial charge in [-0.05, 0) is 17.5 Å². The van der Waals surface area contributed by atoms with Crippen LogP contribution in [-0.4, -0.2) is 48.5 Å². The van der Waals surface area contributed by atoms with Gasteiger partial charge in [-0.25, -0.2) is 14.4 Å². The summed E-state index contributed by atoms with van der Waals surface area (Å²) in [6, 6.07) is 16.5. The Morgan fingerprint density at radius 1 is 1.00 bits per heavy atom. The molecule has 1 saturated heterocycles. The molecule has 0 radical (unpaired) electrons. The molecular weight excluding hydrogens is 414 g/mol. The third kappa shape index (κ3) is 6.56. The van der Waals surface area contributed by atoms with Gasteiger partial charge in [-0.2, -0.15) is 0 Å². The van der Waals surface area contributed by atoms with Crippen molar-refractivity contribution in [3.05, 3.63) is 71.8 Å².